The molecule has 230 valence electrons. The van der Waals surface area contributed by atoms with Crippen LogP contribution in [0.5, 0.6) is 0 Å². The lowest BCUT2D eigenvalue weighted by atomic mass is 9.95. The Hall–Kier alpha value is -4.69. The van der Waals surface area contributed by atoms with Crippen LogP contribution in [0.15, 0.2) is 91.0 Å². The van der Waals surface area contributed by atoms with Crippen LogP contribution >= 0.6 is 0 Å². The summed E-state index contributed by atoms with van der Waals surface area (Å²) in [5.74, 6) is -0.961. The maximum Gasteiger partial charge on any atom is 0.408 e. The monoisotopic (exact) mass is 595 g/mol. The van der Waals surface area contributed by atoms with Crippen LogP contribution in [0.2, 0.25) is 0 Å². The molecule has 2 unspecified atom stereocenters. The number of aliphatic hydroxyl groups is 1. The highest BCUT2D eigenvalue weighted by Crippen LogP contribution is 2.29. The van der Waals surface area contributed by atoms with Gasteiger partial charge in [-0.2, -0.15) is 0 Å². The summed E-state index contributed by atoms with van der Waals surface area (Å²) in [6.45, 7) is 8.55. The smallest absolute Gasteiger partial charge is 0.408 e. The van der Waals surface area contributed by atoms with Gasteiger partial charge < -0.3 is 25.4 Å². The van der Waals surface area contributed by atoms with Crippen LogP contribution in [0.25, 0.3) is 10.8 Å². The van der Waals surface area contributed by atoms with E-state index in [1.165, 1.54) is 4.90 Å². The van der Waals surface area contributed by atoms with Crippen molar-refractivity contribution >= 4 is 34.4 Å². The van der Waals surface area contributed by atoms with E-state index < -0.39 is 35.6 Å². The first-order chi connectivity index (χ1) is 20.9. The van der Waals surface area contributed by atoms with Crippen LogP contribution in [-0.2, 0) is 20.7 Å². The lowest BCUT2D eigenvalue weighted by molar-refractivity contribution is -0.141. The molecule has 0 aromatic heterocycles. The van der Waals surface area contributed by atoms with Crippen molar-refractivity contribution in [3.8, 4) is 0 Å². The largest absolute Gasteiger partial charge is 0.444 e. The van der Waals surface area contributed by atoms with Crippen molar-refractivity contribution in [1.29, 1.82) is 0 Å². The van der Waals surface area contributed by atoms with E-state index in [0.29, 0.717) is 11.3 Å². The number of carbonyl (C=O) groups excluding carboxylic acids is 3. The van der Waals surface area contributed by atoms with Crippen molar-refractivity contribution < 1.29 is 24.2 Å². The highest BCUT2D eigenvalue weighted by Gasteiger charge is 2.37. The number of carbonyl (C=O) groups is 3. The van der Waals surface area contributed by atoms with Gasteiger partial charge in [-0.1, -0.05) is 84.4 Å². The molecule has 0 aliphatic heterocycles. The van der Waals surface area contributed by atoms with Crippen molar-refractivity contribution in [2.24, 2.45) is 0 Å². The highest BCUT2D eigenvalue weighted by molar-refractivity contribution is 6.00. The normalized spacial score (nSPS) is 12.7. The Morgan fingerprint density at radius 3 is 2.20 bits per heavy atom. The first kappa shape index (κ1) is 32.2. The molecule has 0 fully saturated rings. The van der Waals surface area contributed by atoms with Gasteiger partial charge in [0.05, 0.1) is 6.61 Å². The molecule has 0 saturated carbocycles. The Morgan fingerprint density at radius 1 is 0.864 bits per heavy atom. The third-order valence-corrected chi connectivity index (χ3v) is 7.19. The summed E-state index contributed by atoms with van der Waals surface area (Å²) in [6.07, 6.45) is -0.591. The number of fused-ring (bicyclic) bond motifs is 1. The molecule has 3 amide bonds. The first-order valence-electron chi connectivity index (χ1n) is 14.8. The molecule has 0 spiro atoms. The number of alkyl carbamates (subject to hydrolysis) is 1. The number of ether oxygens (including phenoxy) is 1. The van der Waals surface area contributed by atoms with Gasteiger partial charge in [-0.25, -0.2) is 4.79 Å². The van der Waals surface area contributed by atoms with Crippen LogP contribution in [0.4, 0.5) is 10.5 Å². The van der Waals surface area contributed by atoms with Crippen LogP contribution in [0, 0.1) is 13.8 Å². The van der Waals surface area contributed by atoms with E-state index in [9.17, 15) is 19.5 Å². The second kappa shape index (κ2) is 14.2. The number of nitrogens with one attached hydrogen (secondary N) is 2. The number of nitrogens with zero attached hydrogens (tertiary/aromatic N) is 1. The second-order valence-electron chi connectivity index (χ2n) is 12.0. The number of benzene rings is 4. The molecule has 0 heterocycles. The molecule has 0 bridgehead atoms. The average molecular weight is 596 g/mol. The van der Waals surface area contributed by atoms with E-state index in [-0.39, 0.29) is 19.6 Å². The first-order valence-corrected chi connectivity index (χ1v) is 14.8. The summed E-state index contributed by atoms with van der Waals surface area (Å²) in [7, 11) is 0. The Kier molecular flexibility index (Phi) is 10.4. The minimum Gasteiger partial charge on any atom is -0.444 e. The molecule has 4 rings (SSSR count). The summed E-state index contributed by atoms with van der Waals surface area (Å²) in [5, 5.41) is 17.9. The SMILES string of the molecule is Cc1ccc(C(C(=O)Nc2ccc3ccccc3c2)N(CCO)C(=O)C(Cc2ccccc2)NC(=O)OC(C)(C)C)c(C)c1. The molecule has 0 aliphatic rings. The topological polar surface area (TPSA) is 108 Å². The van der Waals surface area contributed by atoms with E-state index in [0.717, 1.165) is 27.5 Å². The van der Waals surface area contributed by atoms with Gasteiger partial charge in [-0.3, -0.25) is 9.59 Å². The molecule has 8 nitrogen and oxygen atoms in total. The van der Waals surface area contributed by atoms with Crippen molar-refractivity contribution in [1.82, 2.24) is 10.2 Å². The van der Waals surface area contributed by atoms with Crippen LogP contribution in [0.3, 0.4) is 0 Å². The van der Waals surface area contributed by atoms with Gasteiger partial charge in [0.2, 0.25) is 5.91 Å². The minimum atomic E-state index is -1.10. The van der Waals surface area contributed by atoms with Crippen molar-refractivity contribution in [2.45, 2.75) is 58.7 Å². The van der Waals surface area contributed by atoms with Gasteiger partial charge in [0.15, 0.2) is 0 Å². The predicted octanol–water partition coefficient (Wildman–Crippen LogP) is 6.09. The maximum absolute atomic E-state index is 14.4. The summed E-state index contributed by atoms with van der Waals surface area (Å²) in [4.78, 5) is 42.9. The molecule has 0 radical (unpaired) electrons. The van der Waals surface area contributed by atoms with E-state index in [1.807, 2.05) is 105 Å². The van der Waals surface area contributed by atoms with Gasteiger partial charge in [0, 0.05) is 18.7 Å². The summed E-state index contributed by atoms with van der Waals surface area (Å²) in [6, 6.07) is 26.3. The predicted molar refractivity (Wildman–Crippen MR) is 173 cm³/mol. The fourth-order valence-electron chi connectivity index (χ4n) is 5.23. The standard InChI is InChI=1S/C36H41N3O5/c1-24-15-18-30(25(2)21-24)32(33(41)37-29-17-16-27-13-9-10-14-28(27)23-29)39(19-20-40)34(42)31(22-26-11-7-6-8-12-26)38-35(43)44-36(3,4)5/h6-18,21,23,31-32,40H,19-20,22H2,1-5H3,(H,37,41)(H,38,43). The van der Waals surface area contributed by atoms with Crippen molar-refractivity contribution in [2.75, 3.05) is 18.5 Å². The van der Waals surface area contributed by atoms with Gasteiger partial charge in [-0.05, 0) is 74.2 Å². The molecule has 44 heavy (non-hydrogen) atoms. The van der Waals surface area contributed by atoms with E-state index in [1.54, 1.807) is 20.8 Å². The molecular weight excluding hydrogens is 554 g/mol. The van der Waals surface area contributed by atoms with E-state index in [4.69, 9.17) is 4.74 Å². The van der Waals surface area contributed by atoms with Gasteiger partial charge in [-0.15, -0.1) is 0 Å². The Labute approximate surface area is 259 Å². The summed E-state index contributed by atoms with van der Waals surface area (Å²) >= 11 is 0. The zero-order valence-electron chi connectivity index (χ0n) is 26.0. The molecule has 0 aliphatic carbocycles. The molecule has 4 aromatic carbocycles. The fraction of sp³-hybridized carbons (Fsp3) is 0.306. The second-order valence-corrected chi connectivity index (χ2v) is 12.0. The van der Waals surface area contributed by atoms with E-state index >= 15 is 0 Å². The number of aryl methyl sites for hydroxylation is 2. The number of anilines is 1. The minimum absolute atomic E-state index is 0.136. The Morgan fingerprint density at radius 2 is 1.55 bits per heavy atom. The number of aliphatic hydroxyl groups excluding tert-OH is 1. The highest BCUT2D eigenvalue weighted by atomic mass is 16.6. The zero-order chi connectivity index (χ0) is 31.9. The van der Waals surface area contributed by atoms with Gasteiger partial charge in [0.1, 0.15) is 17.7 Å². The quantitative estimate of drug-likeness (QED) is 0.206. The van der Waals surface area contributed by atoms with Gasteiger partial charge >= 0.3 is 6.09 Å². The van der Waals surface area contributed by atoms with Crippen LogP contribution in [-0.4, -0.2) is 52.7 Å². The average Bonchev–Trinajstić information content (AvgIpc) is 2.96. The number of amides is 3. The Bertz CT molecular complexity index is 1610. The maximum atomic E-state index is 14.4. The fourth-order valence-corrected chi connectivity index (χ4v) is 5.23. The van der Waals surface area contributed by atoms with Crippen molar-refractivity contribution in [3.63, 3.8) is 0 Å². The van der Waals surface area contributed by atoms with E-state index in [2.05, 4.69) is 10.6 Å². The Balaban J connectivity index is 1.75. The summed E-state index contributed by atoms with van der Waals surface area (Å²) in [5.41, 5.74) is 3.05. The lowest BCUT2D eigenvalue weighted by Crippen LogP contribution is -2.54. The van der Waals surface area contributed by atoms with Gasteiger partial charge in [0.25, 0.3) is 5.91 Å². The van der Waals surface area contributed by atoms with Crippen molar-refractivity contribution in [3.05, 3.63) is 113 Å². The van der Waals surface area contributed by atoms with Crippen LogP contribution < -0.4 is 10.6 Å². The molecule has 4 aromatic rings. The zero-order valence-corrected chi connectivity index (χ0v) is 26.0. The third-order valence-electron chi connectivity index (χ3n) is 7.19. The summed E-state index contributed by atoms with van der Waals surface area (Å²) < 4.78 is 5.49. The lowest BCUT2D eigenvalue weighted by Gasteiger charge is -2.35. The molecule has 2 atom stereocenters. The third kappa shape index (κ3) is 8.45. The number of hydrogen-bond donors (Lipinski definition) is 3. The molecule has 8 heteroatoms. The molecule has 0 saturated heterocycles. The molecule has 3 N–H and O–H groups in total. The molecular formula is C36H41N3O5. The number of rotatable bonds is 10. The van der Waals surface area contributed by atoms with Crippen LogP contribution in [0.1, 0.15) is 49.1 Å². The number of hydrogen-bond acceptors (Lipinski definition) is 5.